The molecule has 3 aromatic carbocycles. The van der Waals surface area contributed by atoms with Crippen molar-refractivity contribution < 1.29 is 114 Å². The number of piperidine rings is 1. The second kappa shape index (κ2) is 54.2. The molecule has 10 N–H and O–H groups in total. The number of urea groups is 1. The van der Waals surface area contributed by atoms with Crippen LogP contribution in [-0.2, 0) is 104 Å². The Labute approximate surface area is 768 Å². The number of benzene rings is 3. The van der Waals surface area contributed by atoms with Crippen LogP contribution in [0.5, 0.6) is 5.75 Å². The van der Waals surface area contributed by atoms with E-state index in [1.54, 1.807) is 91.5 Å². The maximum atomic E-state index is 14.4. The third kappa shape index (κ3) is 31.7. The summed E-state index contributed by atoms with van der Waals surface area (Å²) in [5.74, 6) is 3.02. The van der Waals surface area contributed by atoms with Gasteiger partial charge in [0.05, 0.1) is 138 Å². The molecule has 1 saturated heterocycles. The van der Waals surface area contributed by atoms with Gasteiger partial charge in [0.15, 0.2) is 5.82 Å². The minimum Gasteiger partial charge on any atom is -0.495 e. The second-order valence-electron chi connectivity index (χ2n) is 32.6. The summed E-state index contributed by atoms with van der Waals surface area (Å²) in [6.45, 7) is 11.5. The first-order valence-electron chi connectivity index (χ1n) is 45.4. The number of nitrogens with one attached hydrogen (secondary N) is 8. The molecule has 40 heteroatoms. The van der Waals surface area contributed by atoms with Crippen LogP contribution in [0, 0.1) is 17.8 Å². The zero-order chi connectivity index (χ0) is 94.1. The summed E-state index contributed by atoms with van der Waals surface area (Å²) in [5, 5.41) is 22.4. The number of ether oxygens (including phenoxy) is 11. The molecule has 40 nitrogen and oxygen atoms in total. The number of rotatable bonds is 56. The van der Waals surface area contributed by atoms with Gasteiger partial charge in [0.2, 0.25) is 47.3 Å². The minimum atomic E-state index is -1.13. The summed E-state index contributed by atoms with van der Waals surface area (Å²) in [4.78, 5) is 186. The molecule has 2 saturated carbocycles. The van der Waals surface area contributed by atoms with Crippen LogP contribution < -0.4 is 62.8 Å². The van der Waals surface area contributed by atoms with Gasteiger partial charge in [-0.15, -0.1) is 0 Å². The maximum Gasteiger partial charge on any atom is 0.410 e. The lowest BCUT2D eigenvalue weighted by atomic mass is 9.90. The zero-order valence-corrected chi connectivity index (χ0v) is 75.9. The molecule has 4 atom stereocenters. The molecule has 0 spiro atoms. The number of fused-ring (bicyclic) bond motifs is 2. The molecular formula is C92H126N16O24. The van der Waals surface area contributed by atoms with E-state index >= 15 is 0 Å². The van der Waals surface area contributed by atoms with Crippen LogP contribution in [0.4, 0.5) is 38.4 Å². The Kier molecular flexibility index (Phi) is 42.0. The molecule has 132 heavy (non-hydrogen) atoms. The number of primary amides is 1. The number of anilines is 5. The van der Waals surface area contributed by atoms with Crippen molar-refractivity contribution in [1.29, 1.82) is 0 Å². The molecule has 10 rings (SSSR count). The van der Waals surface area contributed by atoms with Gasteiger partial charge in [0.1, 0.15) is 42.2 Å². The lowest BCUT2D eigenvalue weighted by Gasteiger charge is -2.43. The summed E-state index contributed by atoms with van der Waals surface area (Å²) >= 11 is 0. The Morgan fingerprint density at radius 2 is 1.32 bits per heavy atom. The summed E-state index contributed by atoms with van der Waals surface area (Å²) in [7, 11) is 3.26. The Bertz CT molecular complexity index is 4630. The van der Waals surface area contributed by atoms with Crippen LogP contribution in [0.25, 0.3) is 0 Å². The van der Waals surface area contributed by atoms with E-state index in [2.05, 4.69) is 64.3 Å². The molecule has 1 unspecified atom stereocenters. The van der Waals surface area contributed by atoms with E-state index in [0.717, 1.165) is 30.6 Å². The van der Waals surface area contributed by atoms with Crippen molar-refractivity contribution >= 4 is 106 Å². The highest BCUT2D eigenvalue weighted by Crippen LogP contribution is 2.41. The van der Waals surface area contributed by atoms with E-state index in [-0.39, 0.29) is 171 Å². The van der Waals surface area contributed by atoms with E-state index in [0.29, 0.717) is 180 Å². The molecule has 4 aromatic rings. The number of nitrogens with two attached hydrogens (primary N) is 1. The molecule has 3 fully saturated rings. The van der Waals surface area contributed by atoms with Crippen molar-refractivity contribution in [3.8, 4) is 17.6 Å². The molecule has 1 aromatic heterocycles. The first-order chi connectivity index (χ1) is 64.0. The Morgan fingerprint density at radius 1 is 0.682 bits per heavy atom. The van der Waals surface area contributed by atoms with Gasteiger partial charge in [-0.3, -0.25) is 63.0 Å². The van der Waals surface area contributed by atoms with Gasteiger partial charge < -0.3 is 115 Å². The van der Waals surface area contributed by atoms with Gasteiger partial charge in [-0.25, -0.2) is 14.6 Å². The number of aromatic nitrogens is 2. The van der Waals surface area contributed by atoms with Gasteiger partial charge >= 0.3 is 12.1 Å². The Hall–Kier alpha value is -11.8. The fourth-order valence-corrected chi connectivity index (χ4v) is 16.0. The number of hydrogen-bond donors (Lipinski definition) is 9. The predicted molar refractivity (Wildman–Crippen MR) is 481 cm³/mol. The molecule has 14 amide bonds. The van der Waals surface area contributed by atoms with Crippen molar-refractivity contribution in [2.75, 3.05) is 180 Å². The van der Waals surface area contributed by atoms with E-state index in [4.69, 9.17) is 62.8 Å². The molecule has 0 bridgehead atoms. The largest absolute Gasteiger partial charge is 0.495 e. The number of carbonyl (C=O) groups is 13. The van der Waals surface area contributed by atoms with Crippen molar-refractivity contribution in [2.45, 2.75) is 179 Å². The van der Waals surface area contributed by atoms with Gasteiger partial charge in [-0.05, 0) is 124 Å². The highest BCUT2D eigenvalue weighted by atomic mass is 16.6. The smallest absolute Gasteiger partial charge is 0.410 e. The lowest BCUT2D eigenvalue weighted by Crippen LogP contribution is -2.55. The number of likely N-dealkylation sites (N-methyl/N-ethyl adjacent to an activating group) is 1. The van der Waals surface area contributed by atoms with Crippen molar-refractivity contribution in [3.05, 3.63) is 107 Å². The monoisotopic (exact) mass is 1840 g/mol. The quantitative estimate of drug-likeness (QED) is 0.0166. The summed E-state index contributed by atoms with van der Waals surface area (Å²) in [6.07, 6.45) is 11.2. The summed E-state index contributed by atoms with van der Waals surface area (Å²) in [6, 6.07) is 12.5. The highest BCUT2D eigenvalue weighted by molar-refractivity contribution is 6.13. The minimum absolute atomic E-state index is 0.0131. The van der Waals surface area contributed by atoms with Crippen molar-refractivity contribution in [1.82, 2.24) is 56.6 Å². The van der Waals surface area contributed by atoms with E-state index < -0.39 is 71.6 Å². The van der Waals surface area contributed by atoms with Gasteiger partial charge in [0, 0.05) is 118 Å². The highest BCUT2D eigenvalue weighted by Gasteiger charge is 2.43. The number of methoxy groups -OCH3 is 1. The SMILES string of the molecule is CC[C@@H]1C(=O)N(C)c2cnc(Nc3ccc(C(=O)N[C@H]4CC[C@@H](N(CCOCCC#Cc5cccc6c5CN(C5CCC(=O)NC5=O)C6=O)C(=O)OCc5ccc(NC(=O)[C@H](CCCNC(N)=O)NC(=O)[C@@H](NC(=O)CCOCCOCCOCCOCCOCCOCCOCCOCCNC(=O)CCN6C(=O)C=CC6=O)C(C)C)cc5)CC4)cc3OC)nc2N1C1CCCC1. The van der Waals surface area contributed by atoms with Gasteiger partial charge in [-0.2, -0.15) is 4.98 Å². The molecule has 4 aliphatic heterocycles. The number of carbonyl (C=O) groups excluding carboxylic acids is 13. The number of hydrogen-bond acceptors (Lipinski definition) is 28. The third-order valence-electron chi connectivity index (χ3n) is 23.0. The molecule has 2 aliphatic carbocycles. The van der Waals surface area contributed by atoms with Gasteiger partial charge in [-0.1, -0.05) is 63.7 Å². The van der Waals surface area contributed by atoms with Crippen LogP contribution in [0.15, 0.2) is 79.0 Å². The number of imide groups is 2. The average molecular weight is 1840 g/mol. The molecule has 718 valence electrons. The Morgan fingerprint density at radius 3 is 1.94 bits per heavy atom. The first kappa shape index (κ1) is 102. The van der Waals surface area contributed by atoms with E-state index in [1.807, 2.05) is 13.0 Å². The van der Waals surface area contributed by atoms with Crippen LogP contribution in [0.2, 0.25) is 0 Å². The fraction of sp³-hybridized carbons (Fsp3) is 0.576. The third-order valence-corrected chi connectivity index (χ3v) is 23.0. The van der Waals surface area contributed by atoms with E-state index in [1.165, 1.54) is 24.2 Å². The van der Waals surface area contributed by atoms with Crippen LogP contribution in [-0.4, -0.2) is 303 Å². The molecular weight excluding hydrogens is 1710 g/mol. The average Bonchev–Trinajstić information content (AvgIpc) is 0.928. The summed E-state index contributed by atoms with van der Waals surface area (Å²) in [5.41, 5.74) is 9.57. The topological polar surface area (TPSA) is 488 Å². The number of nitrogens with zero attached hydrogens (tertiary/aromatic N) is 7. The Balaban J connectivity index is 0.628. The van der Waals surface area contributed by atoms with Crippen LogP contribution >= 0.6 is 0 Å². The van der Waals surface area contributed by atoms with E-state index in [9.17, 15) is 62.3 Å². The van der Waals surface area contributed by atoms with Crippen molar-refractivity contribution in [2.24, 2.45) is 11.7 Å². The summed E-state index contributed by atoms with van der Waals surface area (Å²) < 4.78 is 62.2. The van der Waals surface area contributed by atoms with Crippen molar-refractivity contribution in [3.63, 3.8) is 0 Å². The van der Waals surface area contributed by atoms with Gasteiger partial charge in [0.25, 0.3) is 23.6 Å². The first-order valence-corrected chi connectivity index (χ1v) is 45.4. The molecule has 6 aliphatic rings. The predicted octanol–water partition coefficient (Wildman–Crippen LogP) is 4.60. The molecule has 5 heterocycles. The normalized spacial score (nSPS) is 17.6. The zero-order valence-electron chi connectivity index (χ0n) is 75.9. The molecule has 0 radical (unpaired) electrons. The lowest BCUT2D eigenvalue weighted by molar-refractivity contribution is -0.138. The fourth-order valence-electron chi connectivity index (χ4n) is 16.0. The maximum absolute atomic E-state index is 14.4. The standard InChI is InChI=1S/C92H126N16O24/c1-6-73-89(119)104(4)75-58-96-91(103-83(75)108(73)68-15-7-8-16-68)100-71-28-21-64(57-76(71)122-5)84(114)97-66-24-26-67(27-25-66)105(38-42-123-39-10-9-13-63-14-11-17-69-70(63)59-107(88(69)118)74-29-30-78(110)102-86(74)116)92(121)132-60-62-19-22-65(23-20-62)98-85(115)72(18-12-35-95-90(93)120)99-87(117)82(61(2)3)101-79(111)34-40-124-43-45-126-47-49-128-51-53-130-55-56-131-54-52-129-50-48-127-46-44-125-41-36-94-77(109)33-37-106-80(112)31-32-81(106)113/h11,14,17,19-23,28,31-32,57-58,61,66-68,72-74,82H,6-8,10,12,15-16,18,24-27,29-30,33-56,59-60H2,1-5H3,(H,94,109)(H,97,114)(H,98,115)(H,99,117)(H,101,111)(H3,93,95,120)(H,96,100,103)(H,102,110,116)/t66-,67+,72-,73+,74?,82-/m0/s1. The second-order valence-corrected chi connectivity index (χ2v) is 32.6. The van der Waals surface area contributed by atoms with Crippen LogP contribution in [0.1, 0.15) is 161 Å². The van der Waals surface area contributed by atoms with Crippen LogP contribution in [0.3, 0.4) is 0 Å². The number of amides is 14.